The first-order chi connectivity index (χ1) is 13.6. The van der Waals surface area contributed by atoms with Crippen molar-refractivity contribution in [1.29, 1.82) is 0 Å². The summed E-state index contributed by atoms with van der Waals surface area (Å²) in [6.45, 7) is 0. The minimum atomic E-state index is -0.257. The van der Waals surface area contributed by atoms with Gasteiger partial charge in [0, 0.05) is 37.4 Å². The van der Waals surface area contributed by atoms with E-state index in [1.165, 1.54) is 0 Å². The van der Waals surface area contributed by atoms with Gasteiger partial charge < -0.3 is 10.3 Å². The van der Waals surface area contributed by atoms with Gasteiger partial charge in [-0.2, -0.15) is 10.1 Å². The molecule has 0 atom stereocenters. The monoisotopic (exact) mass is 374 g/mol. The predicted octanol–water partition coefficient (Wildman–Crippen LogP) is 2.37. The molecule has 4 heterocycles. The van der Waals surface area contributed by atoms with Gasteiger partial charge in [0.25, 0.3) is 5.89 Å². The highest BCUT2D eigenvalue weighted by Gasteiger charge is 2.44. The van der Waals surface area contributed by atoms with E-state index in [0.717, 1.165) is 41.6 Å². The fourth-order valence-corrected chi connectivity index (χ4v) is 3.56. The number of nitrogens with two attached hydrogens (primary N) is 1. The van der Waals surface area contributed by atoms with Crippen LogP contribution in [0.4, 0.5) is 5.95 Å². The lowest BCUT2D eigenvalue weighted by Crippen LogP contribution is -2.36. The van der Waals surface area contributed by atoms with E-state index in [9.17, 15) is 0 Å². The first-order valence-electron chi connectivity index (χ1n) is 9.02. The van der Waals surface area contributed by atoms with E-state index in [2.05, 4.69) is 36.3 Å². The average Bonchev–Trinajstić information content (AvgIpc) is 3.32. The molecular formula is C19H18N8O. The molecule has 5 rings (SSSR count). The van der Waals surface area contributed by atoms with Crippen molar-refractivity contribution in [1.82, 2.24) is 34.9 Å². The van der Waals surface area contributed by atoms with E-state index >= 15 is 0 Å². The first kappa shape index (κ1) is 16.5. The van der Waals surface area contributed by atoms with Crippen molar-refractivity contribution in [3.63, 3.8) is 0 Å². The van der Waals surface area contributed by atoms with Crippen LogP contribution in [-0.4, -0.2) is 34.9 Å². The lowest BCUT2D eigenvalue weighted by molar-refractivity contribution is 0.272. The van der Waals surface area contributed by atoms with Crippen molar-refractivity contribution in [3.8, 4) is 22.7 Å². The van der Waals surface area contributed by atoms with Gasteiger partial charge in [0.05, 0.1) is 22.9 Å². The highest BCUT2D eigenvalue weighted by molar-refractivity contribution is 5.58. The first-order valence-corrected chi connectivity index (χ1v) is 9.02. The summed E-state index contributed by atoms with van der Waals surface area (Å²) >= 11 is 0. The summed E-state index contributed by atoms with van der Waals surface area (Å²) < 4.78 is 7.22. The molecule has 0 amide bonds. The zero-order valence-corrected chi connectivity index (χ0v) is 15.3. The third-order valence-corrected chi connectivity index (χ3v) is 5.30. The topological polar surface area (TPSA) is 121 Å². The number of nitrogens with zero attached hydrogens (tertiary/aromatic N) is 7. The van der Waals surface area contributed by atoms with Crippen LogP contribution in [0.5, 0.6) is 0 Å². The van der Waals surface area contributed by atoms with Gasteiger partial charge in [-0.05, 0) is 24.5 Å². The van der Waals surface area contributed by atoms with Crippen molar-refractivity contribution in [2.75, 3.05) is 5.73 Å². The Hall–Kier alpha value is -3.62. The summed E-state index contributed by atoms with van der Waals surface area (Å²) in [6.07, 6.45) is 11.8. The number of pyridine rings is 1. The zero-order valence-electron chi connectivity index (χ0n) is 15.3. The lowest BCUT2D eigenvalue weighted by Gasteiger charge is -2.39. The summed E-state index contributed by atoms with van der Waals surface area (Å²) in [5.74, 6) is 1.43. The molecule has 1 fully saturated rings. The Morgan fingerprint density at radius 2 is 1.86 bits per heavy atom. The molecule has 0 bridgehead atoms. The quantitative estimate of drug-likeness (QED) is 0.578. The molecule has 4 aromatic heterocycles. The van der Waals surface area contributed by atoms with Gasteiger partial charge in [-0.3, -0.25) is 9.67 Å². The molecule has 1 aliphatic carbocycles. The van der Waals surface area contributed by atoms with Crippen molar-refractivity contribution in [3.05, 3.63) is 54.5 Å². The van der Waals surface area contributed by atoms with Crippen LogP contribution in [0, 0.1) is 0 Å². The molecule has 4 aromatic rings. The fourth-order valence-electron chi connectivity index (χ4n) is 3.56. The van der Waals surface area contributed by atoms with Crippen LogP contribution in [-0.2, 0) is 12.5 Å². The molecule has 140 valence electrons. The summed E-state index contributed by atoms with van der Waals surface area (Å²) in [5, 5.41) is 8.44. The number of aromatic nitrogens is 7. The number of anilines is 1. The molecule has 0 aliphatic heterocycles. The maximum atomic E-state index is 5.55. The summed E-state index contributed by atoms with van der Waals surface area (Å²) in [5.41, 5.74) is 8.80. The standard InChI is InChI=1S/C19H18N8O/c1-27-11-13(9-24-27)16-25-17(26-28-16)19(5-2-6-19)14-3-4-15(21-10-14)12-7-22-18(20)23-8-12/h3-4,7-11H,2,5-6H2,1H3,(H2,20,22,23). The van der Waals surface area contributed by atoms with Crippen LogP contribution in [0.3, 0.4) is 0 Å². The molecule has 9 heteroatoms. The second-order valence-electron chi connectivity index (χ2n) is 7.02. The molecule has 28 heavy (non-hydrogen) atoms. The number of hydrogen-bond acceptors (Lipinski definition) is 8. The van der Waals surface area contributed by atoms with Gasteiger partial charge >= 0.3 is 0 Å². The Morgan fingerprint density at radius 1 is 1.04 bits per heavy atom. The summed E-state index contributed by atoms with van der Waals surface area (Å²) in [6, 6.07) is 4.03. The highest BCUT2D eigenvalue weighted by Crippen LogP contribution is 2.48. The van der Waals surface area contributed by atoms with E-state index in [-0.39, 0.29) is 11.4 Å². The van der Waals surface area contributed by atoms with Gasteiger partial charge in [0.15, 0.2) is 5.82 Å². The Kier molecular flexibility index (Phi) is 3.68. The third-order valence-electron chi connectivity index (χ3n) is 5.30. The largest absolute Gasteiger partial charge is 0.368 e. The molecular weight excluding hydrogens is 356 g/mol. The minimum Gasteiger partial charge on any atom is -0.368 e. The smallest absolute Gasteiger partial charge is 0.261 e. The maximum Gasteiger partial charge on any atom is 0.261 e. The summed E-state index contributed by atoms with van der Waals surface area (Å²) in [4.78, 5) is 17.3. The summed E-state index contributed by atoms with van der Waals surface area (Å²) in [7, 11) is 1.85. The molecule has 0 saturated heterocycles. The van der Waals surface area contributed by atoms with E-state index in [4.69, 9.17) is 10.3 Å². The van der Waals surface area contributed by atoms with Gasteiger partial charge in [-0.1, -0.05) is 17.6 Å². The molecule has 1 aliphatic rings. The molecule has 2 N–H and O–H groups in total. The molecule has 0 radical (unpaired) electrons. The van der Waals surface area contributed by atoms with Gasteiger partial charge in [0.2, 0.25) is 5.95 Å². The molecule has 1 saturated carbocycles. The molecule has 0 spiro atoms. The van der Waals surface area contributed by atoms with Crippen molar-refractivity contribution in [2.24, 2.45) is 7.05 Å². The van der Waals surface area contributed by atoms with E-state index in [1.807, 2.05) is 25.5 Å². The highest BCUT2D eigenvalue weighted by atomic mass is 16.5. The van der Waals surface area contributed by atoms with Crippen molar-refractivity contribution in [2.45, 2.75) is 24.7 Å². The lowest BCUT2D eigenvalue weighted by atomic mass is 9.64. The fraction of sp³-hybridized carbons (Fsp3) is 0.263. The van der Waals surface area contributed by atoms with Crippen LogP contribution >= 0.6 is 0 Å². The predicted molar refractivity (Wildman–Crippen MR) is 101 cm³/mol. The Bertz CT molecular complexity index is 1110. The van der Waals surface area contributed by atoms with E-state index in [0.29, 0.717) is 11.7 Å². The number of rotatable bonds is 4. The number of aryl methyl sites for hydroxylation is 1. The van der Waals surface area contributed by atoms with Crippen LogP contribution < -0.4 is 5.73 Å². The minimum absolute atomic E-state index is 0.246. The van der Waals surface area contributed by atoms with Crippen LogP contribution in [0.15, 0.2) is 47.6 Å². The average molecular weight is 374 g/mol. The van der Waals surface area contributed by atoms with Crippen LogP contribution in [0.2, 0.25) is 0 Å². The van der Waals surface area contributed by atoms with E-state index in [1.54, 1.807) is 23.3 Å². The normalized spacial score (nSPS) is 15.3. The Morgan fingerprint density at radius 3 is 2.46 bits per heavy atom. The van der Waals surface area contributed by atoms with E-state index < -0.39 is 0 Å². The zero-order chi connectivity index (χ0) is 19.1. The number of nitrogen functional groups attached to an aromatic ring is 1. The Labute approximate surface area is 160 Å². The van der Waals surface area contributed by atoms with Crippen molar-refractivity contribution >= 4 is 5.95 Å². The Balaban J connectivity index is 1.47. The third kappa shape index (κ3) is 2.63. The van der Waals surface area contributed by atoms with Crippen molar-refractivity contribution < 1.29 is 4.52 Å². The maximum absolute atomic E-state index is 5.55. The molecule has 0 aromatic carbocycles. The second-order valence-corrected chi connectivity index (χ2v) is 7.02. The number of hydrogen-bond donors (Lipinski definition) is 1. The SMILES string of the molecule is Cn1cc(-c2nc(C3(c4ccc(-c5cnc(N)nc5)nc4)CCC3)no2)cn1. The van der Waals surface area contributed by atoms with Crippen LogP contribution in [0.25, 0.3) is 22.7 Å². The van der Waals surface area contributed by atoms with Gasteiger partial charge in [-0.25, -0.2) is 9.97 Å². The molecule has 0 unspecified atom stereocenters. The second kappa shape index (κ2) is 6.22. The van der Waals surface area contributed by atoms with Crippen LogP contribution in [0.1, 0.15) is 30.7 Å². The molecule has 9 nitrogen and oxygen atoms in total. The van der Waals surface area contributed by atoms with Gasteiger partial charge in [-0.15, -0.1) is 0 Å². The van der Waals surface area contributed by atoms with Gasteiger partial charge in [0.1, 0.15) is 0 Å².